The minimum atomic E-state index is -0.458. The summed E-state index contributed by atoms with van der Waals surface area (Å²) in [6, 6.07) is 14.5. The van der Waals surface area contributed by atoms with Crippen molar-refractivity contribution in [1.82, 2.24) is 0 Å². The zero-order chi connectivity index (χ0) is 19.4. The van der Waals surface area contributed by atoms with Crippen molar-refractivity contribution in [3.63, 3.8) is 0 Å². The molecule has 0 bridgehead atoms. The highest BCUT2D eigenvalue weighted by Gasteiger charge is 2.37. The summed E-state index contributed by atoms with van der Waals surface area (Å²) >= 11 is 0. The summed E-state index contributed by atoms with van der Waals surface area (Å²) in [6.45, 7) is 9.37. The van der Waals surface area contributed by atoms with Crippen molar-refractivity contribution in [2.75, 3.05) is 7.11 Å². The van der Waals surface area contributed by atoms with Gasteiger partial charge in [0.2, 0.25) is 5.76 Å². The molecule has 0 spiro atoms. The molecule has 1 aliphatic carbocycles. The van der Waals surface area contributed by atoms with Gasteiger partial charge in [-0.15, -0.1) is 0 Å². The van der Waals surface area contributed by atoms with E-state index in [9.17, 15) is 4.79 Å². The SMILES string of the molecule is COC(=O)c1ccc(-c2ccc3cc4c(cc3c2)C(C)(C)CCC4(C)C)o1. The Labute approximate surface area is 160 Å². The van der Waals surface area contributed by atoms with Crippen LogP contribution >= 0.6 is 0 Å². The fourth-order valence-corrected chi connectivity index (χ4v) is 4.17. The van der Waals surface area contributed by atoms with E-state index in [2.05, 4.69) is 58.0 Å². The van der Waals surface area contributed by atoms with Gasteiger partial charge in [0.15, 0.2) is 0 Å². The molecule has 0 unspecified atom stereocenters. The second kappa shape index (κ2) is 5.98. The Hall–Kier alpha value is -2.55. The molecule has 2 aromatic carbocycles. The van der Waals surface area contributed by atoms with Gasteiger partial charge in [0.05, 0.1) is 7.11 Å². The van der Waals surface area contributed by atoms with E-state index in [0.29, 0.717) is 5.76 Å². The Morgan fingerprint density at radius 3 is 2.15 bits per heavy atom. The van der Waals surface area contributed by atoms with E-state index in [0.717, 1.165) is 5.56 Å². The van der Waals surface area contributed by atoms with Gasteiger partial charge in [-0.25, -0.2) is 4.79 Å². The number of hydrogen-bond acceptors (Lipinski definition) is 3. The van der Waals surface area contributed by atoms with E-state index in [1.165, 1.54) is 41.9 Å². The molecule has 0 aliphatic heterocycles. The van der Waals surface area contributed by atoms with Crippen molar-refractivity contribution in [1.29, 1.82) is 0 Å². The maximum absolute atomic E-state index is 11.6. The van der Waals surface area contributed by atoms with Gasteiger partial charge in [-0.05, 0) is 63.8 Å². The lowest BCUT2D eigenvalue weighted by molar-refractivity contribution is 0.0566. The number of benzene rings is 2. The van der Waals surface area contributed by atoms with Crippen LogP contribution in [-0.2, 0) is 15.6 Å². The number of esters is 1. The van der Waals surface area contributed by atoms with Gasteiger partial charge in [-0.2, -0.15) is 0 Å². The van der Waals surface area contributed by atoms with Crippen LogP contribution in [0.15, 0.2) is 46.9 Å². The number of hydrogen-bond donors (Lipinski definition) is 0. The highest BCUT2D eigenvalue weighted by Crippen LogP contribution is 2.47. The highest BCUT2D eigenvalue weighted by molar-refractivity contribution is 5.90. The summed E-state index contributed by atoms with van der Waals surface area (Å²) < 4.78 is 10.4. The minimum Gasteiger partial charge on any atom is -0.463 e. The third-order valence-electron chi connectivity index (χ3n) is 6.09. The minimum absolute atomic E-state index is 0.178. The second-order valence-electron chi connectivity index (χ2n) is 8.88. The molecule has 0 atom stereocenters. The van der Waals surface area contributed by atoms with Crippen LogP contribution in [-0.4, -0.2) is 13.1 Å². The van der Waals surface area contributed by atoms with Crippen molar-refractivity contribution in [3.05, 3.63) is 59.4 Å². The first-order chi connectivity index (χ1) is 12.7. The Morgan fingerprint density at radius 2 is 1.52 bits per heavy atom. The standard InChI is InChI=1S/C24H26O3/c1-23(2)10-11-24(3,4)19-14-17-12-16(7-6-15(17)13-18(19)23)20-8-9-21(27-20)22(25)26-5/h6-9,12-14H,10-11H2,1-5H3. The maximum atomic E-state index is 11.6. The number of furan rings is 1. The second-order valence-corrected chi connectivity index (χ2v) is 8.88. The monoisotopic (exact) mass is 362 g/mol. The Morgan fingerprint density at radius 1 is 0.889 bits per heavy atom. The molecule has 0 radical (unpaired) electrons. The third-order valence-corrected chi connectivity index (χ3v) is 6.09. The maximum Gasteiger partial charge on any atom is 0.373 e. The quantitative estimate of drug-likeness (QED) is 0.507. The van der Waals surface area contributed by atoms with Gasteiger partial charge in [-0.1, -0.05) is 52.0 Å². The summed E-state index contributed by atoms with van der Waals surface area (Å²) in [5.74, 6) is 0.440. The van der Waals surface area contributed by atoms with Crippen molar-refractivity contribution < 1.29 is 13.9 Å². The van der Waals surface area contributed by atoms with Gasteiger partial charge in [-0.3, -0.25) is 0 Å². The molecule has 27 heavy (non-hydrogen) atoms. The number of methoxy groups -OCH3 is 1. The summed E-state index contributed by atoms with van der Waals surface area (Å²) in [7, 11) is 1.35. The fourth-order valence-electron chi connectivity index (χ4n) is 4.17. The molecule has 1 heterocycles. The number of fused-ring (bicyclic) bond motifs is 2. The van der Waals surface area contributed by atoms with Crippen LogP contribution in [0, 0.1) is 0 Å². The van der Waals surface area contributed by atoms with Crippen LogP contribution in [0.3, 0.4) is 0 Å². The average molecular weight is 362 g/mol. The van der Waals surface area contributed by atoms with Crippen molar-refractivity contribution in [2.24, 2.45) is 0 Å². The predicted octanol–water partition coefficient (Wildman–Crippen LogP) is 6.24. The number of carbonyl (C=O) groups excluding carboxylic acids is 1. The van der Waals surface area contributed by atoms with Crippen molar-refractivity contribution in [3.8, 4) is 11.3 Å². The largest absolute Gasteiger partial charge is 0.463 e. The zero-order valence-electron chi connectivity index (χ0n) is 16.7. The molecule has 4 rings (SSSR count). The van der Waals surface area contributed by atoms with E-state index in [-0.39, 0.29) is 16.6 Å². The van der Waals surface area contributed by atoms with Crippen LogP contribution in [0.25, 0.3) is 22.1 Å². The first-order valence-electron chi connectivity index (χ1n) is 9.49. The Bertz CT molecular complexity index is 1040. The van der Waals surface area contributed by atoms with Crippen molar-refractivity contribution >= 4 is 16.7 Å². The highest BCUT2D eigenvalue weighted by atomic mass is 16.5. The first kappa shape index (κ1) is 17.8. The summed E-state index contributed by atoms with van der Waals surface area (Å²) in [5.41, 5.74) is 4.25. The topological polar surface area (TPSA) is 39.4 Å². The van der Waals surface area contributed by atoms with E-state index >= 15 is 0 Å². The summed E-state index contributed by atoms with van der Waals surface area (Å²) in [6.07, 6.45) is 2.40. The molecule has 3 aromatic rings. The molecule has 3 nitrogen and oxygen atoms in total. The first-order valence-corrected chi connectivity index (χ1v) is 9.49. The van der Waals surface area contributed by atoms with Gasteiger partial charge >= 0.3 is 5.97 Å². The molecule has 1 aromatic heterocycles. The van der Waals surface area contributed by atoms with Gasteiger partial charge in [0, 0.05) is 5.56 Å². The Kier molecular flexibility index (Phi) is 3.95. The van der Waals surface area contributed by atoms with Crippen LogP contribution < -0.4 is 0 Å². The summed E-state index contributed by atoms with van der Waals surface area (Å²) in [5, 5.41) is 2.44. The van der Waals surface area contributed by atoms with E-state index in [1.54, 1.807) is 6.07 Å². The van der Waals surface area contributed by atoms with Crippen molar-refractivity contribution in [2.45, 2.75) is 51.4 Å². The van der Waals surface area contributed by atoms with Gasteiger partial charge in [0.25, 0.3) is 0 Å². The molecular weight excluding hydrogens is 336 g/mol. The molecule has 1 aliphatic rings. The third kappa shape index (κ3) is 2.95. The lowest BCUT2D eigenvalue weighted by atomic mass is 9.63. The fraction of sp³-hybridized carbons (Fsp3) is 0.375. The van der Waals surface area contributed by atoms with Gasteiger partial charge < -0.3 is 9.15 Å². The van der Waals surface area contributed by atoms with Crippen LogP contribution in [0.2, 0.25) is 0 Å². The molecule has 3 heteroatoms. The summed E-state index contributed by atoms with van der Waals surface area (Å²) in [4.78, 5) is 11.6. The van der Waals surface area contributed by atoms with Crippen LogP contribution in [0.1, 0.15) is 62.2 Å². The molecule has 0 saturated carbocycles. The van der Waals surface area contributed by atoms with Gasteiger partial charge in [0.1, 0.15) is 5.76 Å². The van der Waals surface area contributed by atoms with Crippen LogP contribution in [0.4, 0.5) is 0 Å². The molecule has 0 N–H and O–H groups in total. The lowest BCUT2D eigenvalue weighted by Gasteiger charge is -2.42. The molecule has 0 fully saturated rings. The number of carbonyl (C=O) groups is 1. The Balaban J connectivity index is 1.84. The zero-order valence-corrected chi connectivity index (χ0v) is 16.7. The van der Waals surface area contributed by atoms with E-state index < -0.39 is 5.97 Å². The lowest BCUT2D eigenvalue weighted by Crippen LogP contribution is -2.33. The number of rotatable bonds is 2. The smallest absolute Gasteiger partial charge is 0.373 e. The molecule has 140 valence electrons. The average Bonchev–Trinajstić information content (AvgIpc) is 3.14. The molecular formula is C24H26O3. The molecule has 0 amide bonds. The number of ether oxygens (including phenoxy) is 1. The van der Waals surface area contributed by atoms with E-state index in [4.69, 9.17) is 9.15 Å². The predicted molar refractivity (Wildman–Crippen MR) is 108 cm³/mol. The van der Waals surface area contributed by atoms with E-state index in [1.807, 2.05) is 6.07 Å². The molecule has 0 saturated heterocycles. The normalized spacial score (nSPS) is 17.5. The van der Waals surface area contributed by atoms with Crippen LogP contribution in [0.5, 0.6) is 0 Å².